The fourth-order valence-corrected chi connectivity index (χ4v) is 3.08. The molecule has 0 aliphatic carbocycles. The van der Waals surface area contributed by atoms with E-state index in [1.165, 1.54) is 18.2 Å². The van der Waals surface area contributed by atoms with Crippen LogP contribution in [0.2, 0.25) is 0 Å². The summed E-state index contributed by atoms with van der Waals surface area (Å²) in [6, 6.07) is 15.4. The Morgan fingerprint density at radius 1 is 1.00 bits per heavy atom. The van der Waals surface area contributed by atoms with Crippen molar-refractivity contribution in [1.29, 1.82) is 0 Å². The van der Waals surface area contributed by atoms with E-state index in [9.17, 15) is 14.0 Å². The number of carbonyl (C=O) groups excluding carboxylic acids is 2. The molecule has 2 aromatic carbocycles. The molecule has 0 aromatic heterocycles. The molecule has 128 valence electrons. The van der Waals surface area contributed by atoms with Gasteiger partial charge in [-0.25, -0.2) is 4.39 Å². The first-order valence-electron chi connectivity index (χ1n) is 8.45. The Morgan fingerprint density at radius 3 is 2.40 bits per heavy atom. The quantitative estimate of drug-likeness (QED) is 0.625. The van der Waals surface area contributed by atoms with Gasteiger partial charge in [-0.1, -0.05) is 42.5 Å². The SMILES string of the molecule is O=C(c1ccccc1)C1CCN(C(=O)/C=C/c2cccc(F)c2)CC1. The highest BCUT2D eigenvalue weighted by Crippen LogP contribution is 2.22. The van der Waals surface area contributed by atoms with E-state index in [0.29, 0.717) is 31.5 Å². The maximum absolute atomic E-state index is 13.1. The van der Waals surface area contributed by atoms with Crippen LogP contribution in [-0.2, 0) is 4.79 Å². The predicted octanol–water partition coefficient (Wildman–Crippen LogP) is 3.96. The topological polar surface area (TPSA) is 37.4 Å². The summed E-state index contributed by atoms with van der Waals surface area (Å²) >= 11 is 0. The summed E-state index contributed by atoms with van der Waals surface area (Å²) in [7, 11) is 0. The van der Waals surface area contributed by atoms with Crippen LogP contribution in [0.1, 0.15) is 28.8 Å². The number of amides is 1. The Kier molecular flexibility index (Phi) is 5.39. The second-order valence-electron chi connectivity index (χ2n) is 6.22. The number of likely N-dealkylation sites (tertiary alicyclic amines) is 1. The van der Waals surface area contributed by atoms with Gasteiger partial charge in [0.15, 0.2) is 5.78 Å². The van der Waals surface area contributed by atoms with E-state index in [-0.39, 0.29) is 23.4 Å². The summed E-state index contributed by atoms with van der Waals surface area (Å²) in [6.45, 7) is 1.13. The molecule has 0 N–H and O–H groups in total. The largest absolute Gasteiger partial charge is 0.339 e. The maximum atomic E-state index is 13.1. The van der Waals surface area contributed by atoms with Crippen LogP contribution in [0.15, 0.2) is 60.7 Å². The second kappa shape index (κ2) is 7.88. The molecule has 0 atom stereocenters. The third-order valence-electron chi connectivity index (χ3n) is 4.50. The van der Waals surface area contributed by atoms with E-state index in [0.717, 1.165) is 5.56 Å². The van der Waals surface area contributed by atoms with Crippen LogP contribution in [0.25, 0.3) is 6.08 Å². The van der Waals surface area contributed by atoms with E-state index in [2.05, 4.69) is 0 Å². The van der Waals surface area contributed by atoms with Gasteiger partial charge >= 0.3 is 0 Å². The van der Waals surface area contributed by atoms with Crippen molar-refractivity contribution in [3.63, 3.8) is 0 Å². The fraction of sp³-hybridized carbons (Fsp3) is 0.238. The van der Waals surface area contributed by atoms with E-state index in [1.807, 2.05) is 30.3 Å². The monoisotopic (exact) mass is 337 g/mol. The number of carbonyl (C=O) groups is 2. The first kappa shape index (κ1) is 17.1. The molecule has 0 unspecified atom stereocenters. The number of halogens is 1. The molecule has 3 rings (SSSR count). The molecule has 0 radical (unpaired) electrons. The van der Waals surface area contributed by atoms with Crippen molar-refractivity contribution in [1.82, 2.24) is 4.90 Å². The highest BCUT2D eigenvalue weighted by atomic mass is 19.1. The van der Waals surface area contributed by atoms with Crippen LogP contribution in [0, 0.1) is 11.7 Å². The Labute approximate surface area is 146 Å². The van der Waals surface area contributed by atoms with E-state index < -0.39 is 0 Å². The molecule has 1 heterocycles. The molecule has 0 bridgehead atoms. The highest BCUT2D eigenvalue weighted by molar-refractivity contribution is 5.98. The fourth-order valence-electron chi connectivity index (χ4n) is 3.08. The second-order valence-corrected chi connectivity index (χ2v) is 6.22. The Hall–Kier alpha value is -2.75. The average Bonchev–Trinajstić information content (AvgIpc) is 2.66. The Morgan fingerprint density at radius 2 is 1.72 bits per heavy atom. The first-order valence-corrected chi connectivity index (χ1v) is 8.45. The summed E-state index contributed by atoms with van der Waals surface area (Å²) in [4.78, 5) is 26.5. The number of rotatable bonds is 4. The molecule has 1 aliphatic heterocycles. The van der Waals surface area contributed by atoms with Crippen LogP contribution < -0.4 is 0 Å². The third kappa shape index (κ3) is 4.41. The zero-order valence-electron chi connectivity index (χ0n) is 13.9. The standard InChI is InChI=1S/C21H20FNO2/c22-19-8-4-5-16(15-19)9-10-20(24)23-13-11-18(12-14-23)21(25)17-6-2-1-3-7-17/h1-10,15,18H,11-14H2/b10-9+. The van der Waals surface area contributed by atoms with Gasteiger partial charge in [0.1, 0.15) is 5.82 Å². The third-order valence-corrected chi connectivity index (χ3v) is 4.50. The van der Waals surface area contributed by atoms with Crippen molar-refractivity contribution in [2.75, 3.05) is 13.1 Å². The lowest BCUT2D eigenvalue weighted by atomic mass is 9.89. The van der Waals surface area contributed by atoms with Crippen molar-refractivity contribution in [2.45, 2.75) is 12.8 Å². The number of ketones is 1. The van der Waals surface area contributed by atoms with E-state index >= 15 is 0 Å². The van der Waals surface area contributed by atoms with E-state index in [4.69, 9.17) is 0 Å². The lowest BCUT2D eigenvalue weighted by molar-refractivity contribution is -0.127. The first-order chi connectivity index (χ1) is 12.1. The Balaban J connectivity index is 1.55. The van der Waals surface area contributed by atoms with Crippen LogP contribution in [0.3, 0.4) is 0 Å². The van der Waals surface area contributed by atoms with Crippen LogP contribution in [0.5, 0.6) is 0 Å². The highest BCUT2D eigenvalue weighted by Gasteiger charge is 2.27. The number of hydrogen-bond donors (Lipinski definition) is 0. The summed E-state index contributed by atoms with van der Waals surface area (Å²) in [5, 5.41) is 0. The normalized spacial score (nSPS) is 15.5. The van der Waals surface area contributed by atoms with Crippen LogP contribution in [-0.4, -0.2) is 29.7 Å². The van der Waals surface area contributed by atoms with Gasteiger partial charge in [0.25, 0.3) is 0 Å². The molecule has 1 fully saturated rings. The molecule has 1 amide bonds. The minimum Gasteiger partial charge on any atom is -0.339 e. The lowest BCUT2D eigenvalue weighted by Crippen LogP contribution is -2.39. The van der Waals surface area contributed by atoms with Gasteiger partial charge in [0, 0.05) is 30.6 Å². The molecule has 0 saturated carbocycles. The molecular weight excluding hydrogens is 317 g/mol. The number of hydrogen-bond acceptors (Lipinski definition) is 2. The number of Topliss-reactive ketones (excluding diaryl/α,β-unsaturated/α-hetero) is 1. The number of piperidine rings is 1. The summed E-state index contributed by atoms with van der Waals surface area (Å²) in [5.74, 6) is -0.300. The van der Waals surface area contributed by atoms with Gasteiger partial charge in [-0.15, -0.1) is 0 Å². The van der Waals surface area contributed by atoms with Gasteiger partial charge in [-0.05, 0) is 36.6 Å². The minimum atomic E-state index is -0.324. The van der Waals surface area contributed by atoms with Crippen molar-refractivity contribution in [3.8, 4) is 0 Å². The van der Waals surface area contributed by atoms with Gasteiger partial charge < -0.3 is 4.90 Å². The molecule has 1 aliphatic rings. The summed E-state index contributed by atoms with van der Waals surface area (Å²) in [6.07, 6.45) is 4.43. The zero-order valence-corrected chi connectivity index (χ0v) is 13.9. The van der Waals surface area contributed by atoms with Crippen LogP contribution in [0.4, 0.5) is 4.39 Å². The maximum Gasteiger partial charge on any atom is 0.246 e. The van der Waals surface area contributed by atoms with Crippen LogP contribution >= 0.6 is 0 Å². The average molecular weight is 337 g/mol. The molecule has 3 nitrogen and oxygen atoms in total. The molecule has 4 heteroatoms. The van der Waals surface area contributed by atoms with Gasteiger partial charge in [0.05, 0.1) is 0 Å². The van der Waals surface area contributed by atoms with Crippen molar-refractivity contribution < 1.29 is 14.0 Å². The molecule has 25 heavy (non-hydrogen) atoms. The van der Waals surface area contributed by atoms with Gasteiger partial charge in [-0.3, -0.25) is 9.59 Å². The minimum absolute atomic E-state index is 0.0290. The zero-order chi connectivity index (χ0) is 17.6. The molecular formula is C21H20FNO2. The van der Waals surface area contributed by atoms with Crippen molar-refractivity contribution in [3.05, 3.63) is 77.6 Å². The molecule has 1 saturated heterocycles. The van der Waals surface area contributed by atoms with E-state index in [1.54, 1.807) is 23.1 Å². The predicted molar refractivity (Wildman–Crippen MR) is 95.5 cm³/mol. The molecule has 0 spiro atoms. The van der Waals surface area contributed by atoms with Gasteiger partial charge in [0.2, 0.25) is 5.91 Å². The summed E-state index contributed by atoms with van der Waals surface area (Å²) in [5.41, 5.74) is 1.39. The summed E-state index contributed by atoms with van der Waals surface area (Å²) < 4.78 is 13.1. The lowest BCUT2D eigenvalue weighted by Gasteiger charge is -2.30. The van der Waals surface area contributed by atoms with Gasteiger partial charge in [-0.2, -0.15) is 0 Å². The Bertz CT molecular complexity index is 777. The number of benzene rings is 2. The smallest absolute Gasteiger partial charge is 0.246 e. The number of nitrogens with zero attached hydrogens (tertiary/aromatic N) is 1. The molecule has 2 aromatic rings. The van der Waals surface area contributed by atoms with Crippen molar-refractivity contribution in [2.24, 2.45) is 5.92 Å². The van der Waals surface area contributed by atoms with Crippen molar-refractivity contribution >= 4 is 17.8 Å².